The van der Waals surface area contributed by atoms with Crippen LogP contribution in [0.25, 0.3) is 0 Å². The molecule has 5 nitrogen and oxygen atoms in total. The van der Waals surface area contributed by atoms with Crippen molar-refractivity contribution in [1.82, 2.24) is 0 Å². The largest absolute Gasteiger partial charge is 0.382 e. The molecular weight excluding hydrogens is 232 g/mol. The third-order valence-corrected chi connectivity index (χ3v) is 2.67. The van der Waals surface area contributed by atoms with Crippen LogP contribution < -0.4 is 5.32 Å². The Morgan fingerprint density at radius 2 is 2.17 bits per heavy atom. The molecule has 0 fully saturated rings. The van der Waals surface area contributed by atoms with Crippen LogP contribution in [0, 0.1) is 16.0 Å². The van der Waals surface area contributed by atoms with E-state index in [1.54, 1.807) is 13.1 Å². The van der Waals surface area contributed by atoms with Crippen LogP contribution in [0.1, 0.15) is 25.8 Å². The number of hydrogen-bond acceptors (Lipinski definition) is 4. The third kappa shape index (κ3) is 4.00. The van der Waals surface area contributed by atoms with E-state index in [2.05, 4.69) is 19.2 Å². The van der Waals surface area contributed by atoms with Crippen molar-refractivity contribution in [2.24, 2.45) is 5.92 Å². The molecule has 5 heteroatoms. The van der Waals surface area contributed by atoms with Crippen LogP contribution in [0.3, 0.4) is 0 Å². The van der Waals surface area contributed by atoms with Crippen LogP contribution in [0.4, 0.5) is 11.4 Å². The van der Waals surface area contributed by atoms with E-state index in [0.29, 0.717) is 24.8 Å². The molecule has 0 saturated heterocycles. The van der Waals surface area contributed by atoms with Crippen LogP contribution >= 0.6 is 0 Å². The zero-order valence-electron chi connectivity index (χ0n) is 11.1. The Morgan fingerprint density at radius 1 is 1.44 bits per heavy atom. The van der Waals surface area contributed by atoms with E-state index < -0.39 is 0 Å². The molecular formula is C13H20N2O3. The molecule has 0 spiro atoms. The Labute approximate surface area is 107 Å². The number of anilines is 1. The van der Waals surface area contributed by atoms with E-state index in [9.17, 15) is 10.1 Å². The van der Waals surface area contributed by atoms with Gasteiger partial charge < -0.3 is 10.1 Å². The van der Waals surface area contributed by atoms with E-state index in [1.807, 2.05) is 6.07 Å². The molecule has 100 valence electrons. The van der Waals surface area contributed by atoms with E-state index in [1.165, 1.54) is 6.07 Å². The van der Waals surface area contributed by atoms with Gasteiger partial charge in [0.2, 0.25) is 0 Å². The number of hydrogen-bond donors (Lipinski definition) is 1. The number of benzene rings is 1. The number of nitro groups is 1. The predicted molar refractivity (Wildman–Crippen MR) is 71.8 cm³/mol. The Morgan fingerprint density at radius 3 is 2.72 bits per heavy atom. The maximum atomic E-state index is 10.9. The molecule has 0 aromatic heterocycles. The molecule has 1 N–H and O–H groups in total. The Kier molecular flexibility index (Phi) is 5.58. The zero-order chi connectivity index (χ0) is 13.5. The van der Waals surface area contributed by atoms with Gasteiger partial charge >= 0.3 is 0 Å². The van der Waals surface area contributed by atoms with E-state index in [-0.39, 0.29) is 10.6 Å². The van der Waals surface area contributed by atoms with Gasteiger partial charge in [-0.2, -0.15) is 0 Å². The first-order chi connectivity index (χ1) is 8.56. The Balaban J connectivity index is 2.70. The molecule has 0 heterocycles. The second kappa shape index (κ2) is 6.96. The molecule has 1 rings (SSSR count). The van der Waals surface area contributed by atoms with Gasteiger partial charge in [0.05, 0.1) is 11.5 Å². The summed E-state index contributed by atoms with van der Waals surface area (Å²) in [5, 5.41) is 13.8. The summed E-state index contributed by atoms with van der Waals surface area (Å²) < 4.78 is 5.55. The van der Waals surface area contributed by atoms with Crippen LogP contribution in [-0.2, 0) is 11.3 Å². The number of nitro benzene ring substituents is 1. The van der Waals surface area contributed by atoms with Crippen molar-refractivity contribution in [2.45, 2.75) is 26.9 Å². The Bertz CT molecular complexity index is 405. The molecule has 0 aliphatic carbocycles. The lowest BCUT2D eigenvalue weighted by Gasteiger charge is -2.10. The lowest BCUT2D eigenvalue weighted by atomic mass is 10.1. The topological polar surface area (TPSA) is 64.4 Å². The zero-order valence-corrected chi connectivity index (χ0v) is 11.1. The Hall–Kier alpha value is -1.62. The van der Waals surface area contributed by atoms with E-state index in [0.717, 1.165) is 12.0 Å². The SMILES string of the molecule is CNc1c(COCCC(C)C)cccc1[N+](=O)[O-]. The summed E-state index contributed by atoms with van der Waals surface area (Å²) in [6.45, 7) is 5.33. The van der Waals surface area contributed by atoms with Gasteiger partial charge in [0.15, 0.2) is 0 Å². The summed E-state index contributed by atoms with van der Waals surface area (Å²) in [6, 6.07) is 5.01. The summed E-state index contributed by atoms with van der Waals surface area (Å²) in [5.41, 5.74) is 1.44. The summed E-state index contributed by atoms with van der Waals surface area (Å²) in [5.74, 6) is 0.596. The van der Waals surface area contributed by atoms with Crippen LogP contribution in [-0.4, -0.2) is 18.6 Å². The molecule has 0 unspecified atom stereocenters. The van der Waals surface area contributed by atoms with Crippen molar-refractivity contribution in [3.8, 4) is 0 Å². The highest BCUT2D eigenvalue weighted by atomic mass is 16.6. The number of rotatable bonds is 7. The van der Waals surface area contributed by atoms with Crippen LogP contribution in [0.2, 0.25) is 0 Å². The second-order valence-corrected chi connectivity index (χ2v) is 4.55. The van der Waals surface area contributed by atoms with Crippen molar-refractivity contribution in [3.05, 3.63) is 33.9 Å². The summed E-state index contributed by atoms with van der Waals surface area (Å²) in [6.07, 6.45) is 0.990. The fraction of sp³-hybridized carbons (Fsp3) is 0.538. The first-order valence-corrected chi connectivity index (χ1v) is 6.08. The molecule has 0 radical (unpaired) electrons. The second-order valence-electron chi connectivity index (χ2n) is 4.55. The van der Waals surface area contributed by atoms with Crippen molar-refractivity contribution in [2.75, 3.05) is 19.0 Å². The van der Waals surface area contributed by atoms with Gasteiger partial charge in [-0.15, -0.1) is 0 Å². The highest BCUT2D eigenvalue weighted by Crippen LogP contribution is 2.28. The van der Waals surface area contributed by atoms with Crippen molar-refractivity contribution >= 4 is 11.4 Å². The lowest BCUT2D eigenvalue weighted by Crippen LogP contribution is -2.04. The standard InChI is InChI=1S/C13H20N2O3/c1-10(2)7-8-18-9-11-5-4-6-12(15(16)17)13(11)14-3/h4-6,10,14H,7-9H2,1-3H3. The number of nitrogens with zero attached hydrogens (tertiary/aromatic N) is 1. The average molecular weight is 252 g/mol. The molecule has 0 bridgehead atoms. The van der Waals surface area contributed by atoms with Gasteiger partial charge in [-0.1, -0.05) is 26.0 Å². The van der Waals surface area contributed by atoms with Crippen molar-refractivity contribution in [1.29, 1.82) is 0 Å². The maximum Gasteiger partial charge on any atom is 0.292 e. The minimum Gasteiger partial charge on any atom is -0.382 e. The number of para-hydroxylation sites is 1. The van der Waals surface area contributed by atoms with Crippen molar-refractivity contribution in [3.63, 3.8) is 0 Å². The molecule has 0 amide bonds. The summed E-state index contributed by atoms with van der Waals surface area (Å²) in [4.78, 5) is 10.5. The molecule has 18 heavy (non-hydrogen) atoms. The average Bonchev–Trinajstić information content (AvgIpc) is 2.33. The van der Waals surface area contributed by atoms with Crippen LogP contribution in [0.5, 0.6) is 0 Å². The van der Waals surface area contributed by atoms with Gasteiger partial charge in [-0.3, -0.25) is 10.1 Å². The fourth-order valence-electron chi connectivity index (χ4n) is 1.65. The quantitative estimate of drug-likeness (QED) is 0.460. The third-order valence-electron chi connectivity index (χ3n) is 2.67. The van der Waals surface area contributed by atoms with Gasteiger partial charge in [-0.25, -0.2) is 0 Å². The van der Waals surface area contributed by atoms with E-state index >= 15 is 0 Å². The minimum absolute atomic E-state index is 0.0856. The molecule has 0 saturated carbocycles. The molecule has 0 aliphatic heterocycles. The van der Waals surface area contributed by atoms with Gasteiger partial charge in [-0.05, 0) is 12.3 Å². The predicted octanol–water partition coefficient (Wildman–Crippen LogP) is 3.20. The number of nitrogens with one attached hydrogen (secondary N) is 1. The van der Waals surface area contributed by atoms with Crippen LogP contribution in [0.15, 0.2) is 18.2 Å². The normalized spacial score (nSPS) is 10.7. The monoisotopic (exact) mass is 252 g/mol. The fourth-order valence-corrected chi connectivity index (χ4v) is 1.65. The molecule has 1 aromatic carbocycles. The first kappa shape index (κ1) is 14.4. The van der Waals surface area contributed by atoms with Crippen molar-refractivity contribution < 1.29 is 9.66 Å². The summed E-state index contributed by atoms with van der Waals surface area (Å²) in [7, 11) is 1.68. The molecule has 0 atom stereocenters. The highest BCUT2D eigenvalue weighted by molar-refractivity contribution is 5.65. The highest BCUT2D eigenvalue weighted by Gasteiger charge is 2.15. The maximum absolute atomic E-state index is 10.9. The molecule has 0 aliphatic rings. The summed E-state index contributed by atoms with van der Waals surface area (Å²) >= 11 is 0. The number of ether oxygens (including phenoxy) is 1. The van der Waals surface area contributed by atoms with Gasteiger partial charge in [0, 0.05) is 25.3 Å². The molecule has 1 aromatic rings. The van der Waals surface area contributed by atoms with Gasteiger partial charge in [0.25, 0.3) is 5.69 Å². The minimum atomic E-state index is -0.385. The van der Waals surface area contributed by atoms with E-state index in [4.69, 9.17) is 4.74 Å². The lowest BCUT2D eigenvalue weighted by molar-refractivity contribution is -0.384. The van der Waals surface area contributed by atoms with Gasteiger partial charge in [0.1, 0.15) is 5.69 Å². The first-order valence-electron chi connectivity index (χ1n) is 6.08. The smallest absolute Gasteiger partial charge is 0.292 e.